The van der Waals surface area contributed by atoms with Crippen molar-refractivity contribution in [1.82, 2.24) is 4.98 Å². The number of fused-ring (bicyclic) bond motifs is 3. The maximum absolute atomic E-state index is 9.20. The van der Waals surface area contributed by atoms with Crippen molar-refractivity contribution in [3.05, 3.63) is 151 Å². The highest BCUT2D eigenvalue weighted by Crippen LogP contribution is 2.37. The molecule has 0 radical (unpaired) electrons. The molecule has 3 heteroatoms. The van der Waals surface area contributed by atoms with Crippen LogP contribution in [0.5, 0.6) is 0 Å². The minimum absolute atomic E-state index is 0.672. The van der Waals surface area contributed by atoms with Crippen molar-refractivity contribution in [3.8, 4) is 50.0 Å². The van der Waals surface area contributed by atoms with Crippen molar-refractivity contribution in [3.63, 3.8) is 0 Å². The number of nitrogens with zero attached hydrogens (tertiary/aromatic N) is 2. The number of rotatable bonds is 4. The summed E-state index contributed by atoms with van der Waals surface area (Å²) in [4.78, 5) is 4.81. The minimum atomic E-state index is 0.672. The molecule has 0 saturated heterocycles. The van der Waals surface area contributed by atoms with E-state index in [-0.39, 0.29) is 0 Å². The zero-order valence-corrected chi connectivity index (χ0v) is 24.0. The maximum atomic E-state index is 9.20. The summed E-state index contributed by atoms with van der Waals surface area (Å²) in [7, 11) is 0. The Bertz CT molecular complexity index is 2310. The molecule has 0 N–H and O–H groups in total. The molecule has 0 aliphatic heterocycles. The number of thiazole rings is 1. The molecule has 0 spiro atoms. The topological polar surface area (TPSA) is 36.7 Å². The van der Waals surface area contributed by atoms with Crippen molar-refractivity contribution in [2.75, 3.05) is 0 Å². The van der Waals surface area contributed by atoms with E-state index in [2.05, 4.69) is 121 Å². The van der Waals surface area contributed by atoms with Crippen LogP contribution < -0.4 is 0 Å². The summed E-state index contributed by atoms with van der Waals surface area (Å²) in [5.74, 6) is 0. The molecule has 1 aromatic heterocycles. The molecule has 0 bridgehead atoms. The molecule has 43 heavy (non-hydrogen) atoms. The Kier molecular flexibility index (Phi) is 6.07. The summed E-state index contributed by atoms with van der Waals surface area (Å²) in [6.07, 6.45) is 0. The number of hydrogen-bond donors (Lipinski definition) is 0. The molecule has 0 aliphatic rings. The van der Waals surface area contributed by atoms with Gasteiger partial charge in [-0.2, -0.15) is 5.26 Å². The van der Waals surface area contributed by atoms with Crippen LogP contribution in [0.25, 0.3) is 75.7 Å². The predicted molar refractivity (Wildman–Crippen MR) is 181 cm³/mol. The summed E-state index contributed by atoms with van der Waals surface area (Å²) in [5, 5.41) is 15.1. The van der Waals surface area contributed by atoms with Crippen LogP contribution in [0.4, 0.5) is 0 Å². The number of benzene rings is 7. The Morgan fingerprint density at radius 3 is 1.74 bits per heavy atom. The second kappa shape index (κ2) is 10.4. The number of nitriles is 1. The molecule has 200 valence electrons. The number of aromatic nitrogens is 1. The molecule has 0 atom stereocenters. The van der Waals surface area contributed by atoms with E-state index >= 15 is 0 Å². The minimum Gasteiger partial charge on any atom is -0.236 e. The van der Waals surface area contributed by atoms with E-state index in [1.165, 1.54) is 54.1 Å². The fraction of sp³-hybridized carbons (Fsp3) is 0. The molecule has 1 heterocycles. The standard InChI is InChI=1S/C40H24N2S/c41-25-26-9-11-28(12-10-26)34-21-22-35(37-6-2-1-5-36(34)37)33-20-19-31-23-30(17-18-32(31)24-33)27-13-15-29(16-14-27)40-42-38-7-3-4-8-39(38)43-40/h1-24H. The Morgan fingerprint density at radius 2 is 1.05 bits per heavy atom. The summed E-state index contributed by atoms with van der Waals surface area (Å²) in [5.41, 5.74) is 9.96. The summed E-state index contributed by atoms with van der Waals surface area (Å²) < 4.78 is 1.21. The van der Waals surface area contributed by atoms with E-state index in [1.807, 2.05) is 30.3 Å². The zero-order chi connectivity index (χ0) is 28.8. The van der Waals surface area contributed by atoms with Crippen LogP contribution in [0, 0.1) is 11.3 Å². The van der Waals surface area contributed by atoms with Crippen LogP contribution in [0.15, 0.2) is 146 Å². The van der Waals surface area contributed by atoms with Gasteiger partial charge in [0, 0.05) is 5.56 Å². The quantitative estimate of drug-likeness (QED) is 0.213. The van der Waals surface area contributed by atoms with Gasteiger partial charge in [0.25, 0.3) is 0 Å². The molecule has 7 aromatic carbocycles. The Morgan fingerprint density at radius 1 is 0.488 bits per heavy atom. The lowest BCUT2D eigenvalue weighted by Gasteiger charge is -2.13. The molecule has 8 rings (SSSR count). The lowest BCUT2D eigenvalue weighted by Crippen LogP contribution is -1.87. The lowest BCUT2D eigenvalue weighted by atomic mass is 9.91. The summed E-state index contributed by atoms with van der Waals surface area (Å²) >= 11 is 1.73. The van der Waals surface area contributed by atoms with Gasteiger partial charge < -0.3 is 0 Å². The predicted octanol–water partition coefficient (Wildman–Crippen LogP) is 11.1. The van der Waals surface area contributed by atoms with E-state index < -0.39 is 0 Å². The molecule has 0 saturated carbocycles. The largest absolute Gasteiger partial charge is 0.236 e. The van der Waals surface area contributed by atoms with Gasteiger partial charge in [-0.3, -0.25) is 0 Å². The molecular formula is C40H24N2S. The first-order chi connectivity index (χ1) is 21.2. The van der Waals surface area contributed by atoms with Gasteiger partial charge in [0.2, 0.25) is 0 Å². The van der Waals surface area contributed by atoms with Gasteiger partial charge in [-0.05, 0) is 91.3 Å². The second-order valence-electron chi connectivity index (χ2n) is 10.7. The normalized spacial score (nSPS) is 11.2. The van der Waals surface area contributed by atoms with Gasteiger partial charge in [-0.25, -0.2) is 4.98 Å². The average Bonchev–Trinajstić information content (AvgIpc) is 3.52. The van der Waals surface area contributed by atoms with Crippen LogP contribution in [0.2, 0.25) is 0 Å². The van der Waals surface area contributed by atoms with Crippen LogP contribution in [0.1, 0.15) is 5.56 Å². The molecule has 0 fully saturated rings. The third-order valence-corrected chi connectivity index (χ3v) is 9.24. The van der Waals surface area contributed by atoms with E-state index in [0.29, 0.717) is 5.56 Å². The maximum Gasteiger partial charge on any atom is 0.124 e. The Labute approximate surface area is 253 Å². The van der Waals surface area contributed by atoms with Gasteiger partial charge in [-0.15, -0.1) is 11.3 Å². The van der Waals surface area contributed by atoms with Crippen LogP contribution in [-0.4, -0.2) is 4.98 Å². The Hall–Kier alpha value is -5.56. The first-order valence-electron chi connectivity index (χ1n) is 14.3. The average molecular weight is 565 g/mol. The third-order valence-electron chi connectivity index (χ3n) is 8.16. The van der Waals surface area contributed by atoms with Gasteiger partial charge in [0.15, 0.2) is 0 Å². The molecule has 0 amide bonds. The first kappa shape index (κ1) is 25.2. The molecule has 0 unspecified atom stereocenters. The highest BCUT2D eigenvalue weighted by Gasteiger charge is 2.11. The van der Waals surface area contributed by atoms with Gasteiger partial charge in [0.1, 0.15) is 5.01 Å². The SMILES string of the molecule is N#Cc1ccc(-c2ccc(-c3ccc4cc(-c5ccc(-c6nc7ccccc7s6)cc5)ccc4c3)c3ccccc23)cc1. The first-order valence-corrected chi connectivity index (χ1v) is 15.1. The smallest absolute Gasteiger partial charge is 0.124 e. The Balaban J connectivity index is 1.12. The molecular weight excluding hydrogens is 541 g/mol. The van der Waals surface area contributed by atoms with Gasteiger partial charge in [0.05, 0.1) is 21.8 Å². The molecule has 8 aromatic rings. The lowest BCUT2D eigenvalue weighted by molar-refractivity contribution is 1.48. The van der Waals surface area contributed by atoms with Crippen LogP contribution >= 0.6 is 11.3 Å². The summed E-state index contributed by atoms with van der Waals surface area (Å²) in [6, 6.07) is 53.5. The third kappa shape index (κ3) is 4.55. The van der Waals surface area contributed by atoms with Crippen molar-refractivity contribution in [2.45, 2.75) is 0 Å². The van der Waals surface area contributed by atoms with Crippen molar-refractivity contribution < 1.29 is 0 Å². The number of para-hydroxylation sites is 1. The molecule has 2 nitrogen and oxygen atoms in total. The van der Waals surface area contributed by atoms with Crippen LogP contribution in [0.3, 0.4) is 0 Å². The van der Waals surface area contributed by atoms with Crippen LogP contribution in [-0.2, 0) is 0 Å². The van der Waals surface area contributed by atoms with Gasteiger partial charge in [-0.1, -0.05) is 109 Å². The molecule has 0 aliphatic carbocycles. The monoisotopic (exact) mass is 564 g/mol. The second-order valence-corrected chi connectivity index (χ2v) is 11.8. The van der Waals surface area contributed by atoms with E-state index in [9.17, 15) is 5.26 Å². The van der Waals surface area contributed by atoms with Crippen molar-refractivity contribution in [1.29, 1.82) is 5.26 Å². The fourth-order valence-corrected chi connectivity index (χ4v) is 6.89. The zero-order valence-electron chi connectivity index (χ0n) is 23.2. The van der Waals surface area contributed by atoms with Gasteiger partial charge >= 0.3 is 0 Å². The summed E-state index contributed by atoms with van der Waals surface area (Å²) in [6.45, 7) is 0. The highest BCUT2D eigenvalue weighted by molar-refractivity contribution is 7.21. The van der Waals surface area contributed by atoms with E-state index in [4.69, 9.17) is 4.98 Å². The van der Waals surface area contributed by atoms with E-state index in [0.717, 1.165) is 21.7 Å². The fourth-order valence-electron chi connectivity index (χ4n) is 5.92. The number of hydrogen-bond acceptors (Lipinski definition) is 3. The highest BCUT2D eigenvalue weighted by atomic mass is 32.1. The van der Waals surface area contributed by atoms with Crippen molar-refractivity contribution in [2.24, 2.45) is 0 Å². The van der Waals surface area contributed by atoms with Crippen molar-refractivity contribution >= 4 is 43.1 Å². The van der Waals surface area contributed by atoms with E-state index in [1.54, 1.807) is 11.3 Å².